The Bertz CT molecular complexity index is 151. The van der Waals surface area contributed by atoms with Gasteiger partial charge in [0.25, 0.3) is 0 Å². The van der Waals surface area contributed by atoms with Crippen LogP contribution in [-0.4, -0.2) is 9.79 Å². The topological polar surface area (TPSA) is 57.5 Å². The van der Waals surface area contributed by atoms with Crippen LogP contribution in [0.2, 0.25) is 0 Å². The highest BCUT2D eigenvalue weighted by Crippen LogP contribution is 2.54. The molecule has 4 heteroatoms. The Kier molecular flexibility index (Phi) is 3.75. The molecule has 2 N–H and O–H groups in total. The lowest BCUT2D eigenvalue weighted by molar-refractivity contribution is 0.352. The lowest BCUT2D eigenvalue weighted by atomic mass is 10.00. The lowest BCUT2D eigenvalue weighted by Crippen LogP contribution is -2.13. The summed E-state index contributed by atoms with van der Waals surface area (Å²) < 4.78 is 10.9. The van der Waals surface area contributed by atoms with Crippen molar-refractivity contribution in [2.45, 2.75) is 27.7 Å². The maximum Gasteiger partial charge on any atom is 0.333 e. The molecule has 11 heavy (non-hydrogen) atoms. The van der Waals surface area contributed by atoms with Crippen molar-refractivity contribution in [3.63, 3.8) is 0 Å². The number of hydrogen-bond acceptors (Lipinski definition) is 1. The largest absolute Gasteiger partial charge is 0.333 e. The average Bonchev–Trinajstić information content (AvgIpc) is 1.54. The highest BCUT2D eigenvalue weighted by Gasteiger charge is 2.34. The minimum atomic E-state index is -3.97. The van der Waals surface area contributed by atoms with Gasteiger partial charge >= 0.3 is 7.60 Å². The molecule has 0 atom stereocenters. The number of rotatable bonds is 3. The van der Waals surface area contributed by atoms with Gasteiger partial charge in [-0.1, -0.05) is 27.7 Å². The van der Waals surface area contributed by atoms with Gasteiger partial charge in [-0.15, -0.1) is 0 Å². The van der Waals surface area contributed by atoms with E-state index in [0.29, 0.717) is 5.66 Å². The molecule has 0 aromatic carbocycles. The van der Waals surface area contributed by atoms with E-state index >= 15 is 0 Å². The van der Waals surface area contributed by atoms with Crippen LogP contribution in [0, 0.1) is 17.5 Å². The normalized spacial score (nSPS) is 13.5. The van der Waals surface area contributed by atoms with Gasteiger partial charge in [-0.3, -0.25) is 4.57 Å². The third-order valence-electron chi connectivity index (χ3n) is 1.52. The molecule has 1 radical (unpaired) electrons. The van der Waals surface area contributed by atoms with Crippen LogP contribution in [0.3, 0.4) is 0 Å². The van der Waals surface area contributed by atoms with Crippen molar-refractivity contribution in [1.82, 2.24) is 0 Å². The van der Waals surface area contributed by atoms with Crippen LogP contribution in [0.1, 0.15) is 27.7 Å². The summed E-state index contributed by atoms with van der Waals surface area (Å²) in [6.07, 6.45) is 0. The Hall–Kier alpha value is 0.150. The summed E-state index contributed by atoms with van der Waals surface area (Å²) in [5.74, 6) is -0.0910. The predicted octanol–water partition coefficient (Wildman–Crippen LogP) is 2.01. The molecule has 0 saturated carbocycles. The van der Waals surface area contributed by atoms with Crippen LogP contribution in [0.4, 0.5) is 0 Å². The van der Waals surface area contributed by atoms with Crippen LogP contribution in [0.25, 0.3) is 0 Å². The minimum absolute atomic E-state index is 0.0455. The van der Waals surface area contributed by atoms with Gasteiger partial charge in [0.2, 0.25) is 0 Å². The predicted molar refractivity (Wildman–Crippen MR) is 45.0 cm³/mol. The second kappa shape index (κ2) is 3.70. The number of hydrogen-bond donors (Lipinski definition) is 2. The standard InChI is InChI=1S/C7H16O3P/c1-5(2)7(6(3)4)11(8,9)10/h5-6H,1-4H3,(H2,8,9,10). The first kappa shape index (κ1) is 11.2. The molecule has 3 nitrogen and oxygen atoms in total. The van der Waals surface area contributed by atoms with Gasteiger partial charge in [0, 0.05) is 0 Å². The molecule has 0 unspecified atom stereocenters. The van der Waals surface area contributed by atoms with E-state index in [1.165, 1.54) is 0 Å². The third kappa shape index (κ3) is 3.37. The van der Waals surface area contributed by atoms with E-state index in [1.807, 2.05) is 0 Å². The summed E-state index contributed by atoms with van der Waals surface area (Å²) in [6.45, 7) is 7.20. The zero-order valence-electron chi connectivity index (χ0n) is 7.40. The van der Waals surface area contributed by atoms with Gasteiger partial charge in [-0.05, 0) is 11.8 Å². The Morgan fingerprint density at radius 1 is 1.09 bits per heavy atom. The highest BCUT2D eigenvalue weighted by atomic mass is 31.2. The second-order valence-corrected chi connectivity index (χ2v) is 4.88. The zero-order chi connectivity index (χ0) is 9.23. The van der Waals surface area contributed by atoms with Gasteiger partial charge in [0.05, 0.1) is 5.66 Å². The first-order valence-corrected chi connectivity index (χ1v) is 5.31. The highest BCUT2D eigenvalue weighted by molar-refractivity contribution is 7.55. The van der Waals surface area contributed by atoms with E-state index in [2.05, 4.69) is 0 Å². The quantitative estimate of drug-likeness (QED) is 0.651. The Morgan fingerprint density at radius 3 is 1.36 bits per heavy atom. The van der Waals surface area contributed by atoms with Crippen LogP contribution < -0.4 is 0 Å². The summed E-state index contributed by atoms with van der Waals surface area (Å²) in [6, 6.07) is 0. The summed E-state index contributed by atoms with van der Waals surface area (Å²) in [5.41, 5.74) is 0.345. The zero-order valence-corrected chi connectivity index (χ0v) is 8.30. The van der Waals surface area contributed by atoms with Gasteiger partial charge in [0.1, 0.15) is 0 Å². The second-order valence-electron chi connectivity index (χ2n) is 3.28. The van der Waals surface area contributed by atoms with E-state index in [9.17, 15) is 4.57 Å². The van der Waals surface area contributed by atoms with Gasteiger partial charge in [-0.2, -0.15) is 0 Å². The van der Waals surface area contributed by atoms with Gasteiger partial charge in [0.15, 0.2) is 0 Å². The van der Waals surface area contributed by atoms with Crippen LogP contribution in [-0.2, 0) is 4.57 Å². The fraction of sp³-hybridized carbons (Fsp3) is 0.857. The first-order valence-electron chi connectivity index (χ1n) is 3.69. The molecule has 0 bridgehead atoms. The molecule has 0 rings (SSSR count). The van der Waals surface area contributed by atoms with Crippen molar-refractivity contribution < 1.29 is 14.4 Å². The molecule has 0 aromatic rings. The fourth-order valence-electron chi connectivity index (χ4n) is 1.34. The van der Waals surface area contributed by atoms with Crippen LogP contribution in [0.5, 0.6) is 0 Å². The molecule has 67 valence electrons. The van der Waals surface area contributed by atoms with E-state index in [-0.39, 0.29) is 11.8 Å². The van der Waals surface area contributed by atoms with Crippen LogP contribution >= 0.6 is 7.60 Å². The molecule has 0 spiro atoms. The van der Waals surface area contributed by atoms with Crippen molar-refractivity contribution in [3.8, 4) is 0 Å². The van der Waals surface area contributed by atoms with E-state index in [1.54, 1.807) is 27.7 Å². The Morgan fingerprint density at radius 2 is 1.36 bits per heavy atom. The smallest absolute Gasteiger partial charge is 0.324 e. The van der Waals surface area contributed by atoms with Gasteiger partial charge in [-0.25, -0.2) is 0 Å². The summed E-state index contributed by atoms with van der Waals surface area (Å²) in [7, 11) is -3.97. The molecule has 0 aliphatic rings. The molecular weight excluding hydrogens is 163 g/mol. The maximum absolute atomic E-state index is 10.9. The molecule has 0 heterocycles. The summed E-state index contributed by atoms with van der Waals surface area (Å²) in [5, 5.41) is 0. The molecule has 0 aromatic heterocycles. The summed E-state index contributed by atoms with van der Waals surface area (Å²) >= 11 is 0. The van der Waals surface area contributed by atoms with E-state index < -0.39 is 7.60 Å². The van der Waals surface area contributed by atoms with Crippen molar-refractivity contribution in [2.24, 2.45) is 11.8 Å². The molecule has 0 aliphatic carbocycles. The molecular formula is C7H16O3P. The average molecular weight is 179 g/mol. The molecule has 0 fully saturated rings. The van der Waals surface area contributed by atoms with Crippen molar-refractivity contribution >= 4 is 7.60 Å². The van der Waals surface area contributed by atoms with Crippen molar-refractivity contribution in [2.75, 3.05) is 0 Å². The first-order chi connectivity index (χ1) is 4.76. The van der Waals surface area contributed by atoms with E-state index in [4.69, 9.17) is 9.79 Å². The van der Waals surface area contributed by atoms with Crippen LogP contribution in [0.15, 0.2) is 0 Å². The Labute approximate surface area is 68.0 Å². The Balaban J connectivity index is 4.49. The minimum Gasteiger partial charge on any atom is -0.324 e. The maximum atomic E-state index is 10.9. The van der Waals surface area contributed by atoms with E-state index in [0.717, 1.165) is 0 Å². The van der Waals surface area contributed by atoms with Crippen molar-refractivity contribution in [1.29, 1.82) is 0 Å². The van der Waals surface area contributed by atoms with Gasteiger partial charge < -0.3 is 9.79 Å². The fourth-order valence-corrected chi connectivity index (χ4v) is 2.68. The SMILES string of the molecule is CC(C)[C](C(C)C)P(=O)(O)O. The monoisotopic (exact) mass is 179 g/mol. The van der Waals surface area contributed by atoms with Crippen molar-refractivity contribution in [3.05, 3.63) is 5.66 Å². The molecule has 0 amide bonds. The third-order valence-corrected chi connectivity index (χ3v) is 3.22. The molecule has 0 saturated heterocycles. The summed E-state index contributed by atoms with van der Waals surface area (Å²) in [4.78, 5) is 17.8. The molecule has 0 aliphatic heterocycles. The lowest BCUT2D eigenvalue weighted by Gasteiger charge is -2.24.